The molecule has 0 N–H and O–H groups in total. The Bertz CT molecular complexity index is 748. The van der Waals surface area contributed by atoms with Gasteiger partial charge in [0, 0.05) is 38.8 Å². The molecule has 2 aliphatic heterocycles. The monoisotopic (exact) mass is 365 g/mol. The van der Waals surface area contributed by atoms with Gasteiger partial charge in [-0.05, 0) is 45.0 Å². The quantitative estimate of drug-likeness (QED) is 0.819. The van der Waals surface area contributed by atoms with E-state index in [1.54, 1.807) is 6.92 Å². The van der Waals surface area contributed by atoms with Gasteiger partial charge < -0.3 is 14.5 Å². The summed E-state index contributed by atoms with van der Waals surface area (Å²) in [7, 11) is -1.43. The second-order valence-corrected chi connectivity index (χ2v) is 9.26. The molecule has 25 heavy (non-hydrogen) atoms. The van der Waals surface area contributed by atoms with Crippen molar-refractivity contribution in [1.29, 1.82) is 0 Å². The molecule has 0 aromatic heterocycles. The molecular formula is C18H27N3O3S. The van der Waals surface area contributed by atoms with Crippen molar-refractivity contribution in [1.82, 2.24) is 4.90 Å². The number of hydrogen-bond acceptors (Lipinski definition) is 5. The van der Waals surface area contributed by atoms with E-state index in [2.05, 4.69) is 33.4 Å². The van der Waals surface area contributed by atoms with Gasteiger partial charge in [0.05, 0.1) is 0 Å². The summed E-state index contributed by atoms with van der Waals surface area (Å²) in [4.78, 5) is 4.69. The fraction of sp³-hybridized carbons (Fsp3) is 0.611. The Morgan fingerprint density at radius 1 is 1.16 bits per heavy atom. The van der Waals surface area contributed by atoms with Crippen molar-refractivity contribution in [3.05, 3.63) is 29.8 Å². The van der Waals surface area contributed by atoms with Crippen molar-refractivity contribution in [3.63, 3.8) is 0 Å². The van der Waals surface area contributed by atoms with E-state index in [0.29, 0.717) is 6.42 Å². The van der Waals surface area contributed by atoms with Crippen LogP contribution in [0.25, 0.3) is 0 Å². The molecule has 2 heterocycles. The van der Waals surface area contributed by atoms with Crippen LogP contribution >= 0.6 is 0 Å². The summed E-state index contributed by atoms with van der Waals surface area (Å²) in [6, 6.07) is 8.20. The molecule has 2 aliphatic rings. The second-order valence-electron chi connectivity index (χ2n) is 7.48. The van der Waals surface area contributed by atoms with E-state index in [-0.39, 0.29) is 5.90 Å². The van der Waals surface area contributed by atoms with Crippen LogP contribution in [-0.4, -0.2) is 63.3 Å². The molecule has 1 saturated heterocycles. The number of sulfonamides is 1. The normalized spacial score (nSPS) is 26.0. The molecule has 1 aromatic carbocycles. The Morgan fingerprint density at radius 2 is 1.76 bits per heavy atom. The Balaban J connectivity index is 1.75. The Morgan fingerprint density at radius 3 is 2.32 bits per heavy atom. The van der Waals surface area contributed by atoms with Crippen molar-refractivity contribution >= 4 is 21.6 Å². The number of ether oxygens (including phenoxy) is 1. The Kier molecular flexibility index (Phi) is 4.81. The van der Waals surface area contributed by atoms with Crippen molar-refractivity contribution in [3.8, 4) is 0 Å². The molecule has 0 amide bonds. The number of hydrogen-bond donors (Lipinski definition) is 0. The fourth-order valence-electron chi connectivity index (χ4n) is 3.54. The zero-order valence-corrected chi connectivity index (χ0v) is 16.2. The molecule has 1 aromatic rings. The van der Waals surface area contributed by atoms with Crippen molar-refractivity contribution in [2.75, 3.05) is 38.1 Å². The summed E-state index contributed by atoms with van der Waals surface area (Å²) in [6.45, 7) is 9.36. The highest BCUT2D eigenvalue weighted by Gasteiger charge is 2.45. The maximum absolute atomic E-state index is 12.5. The first-order valence-corrected chi connectivity index (χ1v) is 10.2. The van der Waals surface area contributed by atoms with Gasteiger partial charge in [0.1, 0.15) is 10.9 Å². The third kappa shape index (κ3) is 3.98. The lowest BCUT2D eigenvalue weighted by atomic mass is 9.97. The highest BCUT2D eigenvalue weighted by atomic mass is 32.2. The molecule has 0 saturated carbocycles. The van der Waals surface area contributed by atoms with Crippen molar-refractivity contribution in [2.24, 2.45) is 4.40 Å². The Hall–Kier alpha value is -1.60. The van der Waals surface area contributed by atoms with E-state index < -0.39 is 20.9 Å². The maximum Gasteiger partial charge on any atom is 0.263 e. The number of piperazine rings is 1. The zero-order chi connectivity index (χ0) is 18.2. The van der Waals surface area contributed by atoms with Crippen LogP contribution < -0.4 is 4.90 Å². The maximum atomic E-state index is 12.5. The smallest absolute Gasteiger partial charge is 0.263 e. The summed E-state index contributed by atoms with van der Waals surface area (Å²) in [5, 5.41) is -0.682. The molecule has 3 rings (SSSR count). The zero-order valence-electron chi connectivity index (χ0n) is 15.4. The summed E-state index contributed by atoms with van der Waals surface area (Å²) >= 11 is 0. The lowest BCUT2D eigenvalue weighted by Gasteiger charge is -2.36. The van der Waals surface area contributed by atoms with E-state index >= 15 is 0 Å². The third-order valence-electron chi connectivity index (χ3n) is 5.03. The highest BCUT2D eigenvalue weighted by molar-refractivity contribution is 7.91. The molecule has 6 nitrogen and oxygen atoms in total. The third-order valence-corrected chi connectivity index (χ3v) is 6.99. The molecule has 7 heteroatoms. The van der Waals surface area contributed by atoms with Crippen LogP contribution in [0.3, 0.4) is 0 Å². The predicted molar refractivity (Wildman–Crippen MR) is 101 cm³/mol. The van der Waals surface area contributed by atoms with Gasteiger partial charge in [0.15, 0.2) is 5.90 Å². The molecule has 0 bridgehead atoms. The molecule has 1 unspecified atom stereocenters. The van der Waals surface area contributed by atoms with Crippen LogP contribution in [0.1, 0.15) is 26.3 Å². The molecule has 0 aliphatic carbocycles. The number of rotatable bonds is 3. The van der Waals surface area contributed by atoms with E-state index in [1.807, 2.05) is 26.0 Å². The van der Waals surface area contributed by atoms with Gasteiger partial charge in [-0.25, -0.2) is 8.42 Å². The van der Waals surface area contributed by atoms with Gasteiger partial charge in [-0.2, -0.15) is 0 Å². The topological polar surface area (TPSA) is 62.2 Å². The lowest BCUT2D eigenvalue weighted by molar-refractivity contribution is 0.0839. The van der Waals surface area contributed by atoms with E-state index in [4.69, 9.17) is 4.74 Å². The second kappa shape index (κ2) is 6.61. The molecular weight excluding hydrogens is 338 g/mol. The summed E-state index contributed by atoms with van der Waals surface area (Å²) < 4.78 is 34.4. The van der Waals surface area contributed by atoms with Gasteiger partial charge in [-0.1, -0.05) is 12.1 Å². The van der Waals surface area contributed by atoms with Crippen LogP contribution in [0.15, 0.2) is 28.7 Å². The minimum absolute atomic E-state index is 0.215. The molecule has 1 atom stereocenters. The molecule has 0 radical (unpaired) electrons. The minimum Gasteiger partial charge on any atom is -0.473 e. The largest absolute Gasteiger partial charge is 0.473 e. The summed E-state index contributed by atoms with van der Waals surface area (Å²) in [6.07, 6.45) is 0.398. The summed E-state index contributed by atoms with van der Waals surface area (Å²) in [5.74, 6) is 0.215. The number of likely N-dealkylation sites (N-methyl/N-ethyl adjacent to an activating group) is 1. The van der Waals surface area contributed by atoms with E-state index in [0.717, 1.165) is 31.7 Å². The summed E-state index contributed by atoms with van der Waals surface area (Å²) in [5.41, 5.74) is 1.38. The first kappa shape index (κ1) is 18.2. The van der Waals surface area contributed by atoms with Gasteiger partial charge in [-0.15, -0.1) is 4.40 Å². The SMILES string of the molecule is CC1=NS(=O)(=O)C(Cc2ccc(N3CCN(C)CC3)cc2)C(C)(C)O1. The van der Waals surface area contributed by atoms with Gasteiger partial charge in [0.2, 0.25) is 0 Å². The van der Waals surface area contributed by atoms with Crippen LogP contribution in [0.2, 0.25) is 0 Å². The first-order valence-electron chi connectivity index (χ1n) is 8.69. The van der Waals surface area contributed by atoms with E-state index in [1.165, 1.54) is 5.69 Å². The minimum atomic E-state index is -3.57. The average Bonchev–Trinajstić information content (AvgIpc) is 2.51. The van der Waals surface area contributed by atoms with Crippen LogP contribution in [0.4, 0.5) is 5.69 Å². The van der Waals surface area contributed by atoms with E-state index in [9.17, 15) is 8.42 Å². The van der Waals surface area contributed by atoms with Crippen LogP contribution in [0, 0.1) is 0 Å². The standard InChI is InChI=1S/C18H27N3O3S/c1-14-19-25(22,23)17(18(2,3)24-14)13-15-5-7-16(8-6-15)21-11-9-20(4)10-12-21/h5-8,17H,9-13H2,1-4H3. The predicted octanol–water partition coefficient (Wildman–Crippen LogP) is 1.91. The first-order chi connectivity index (χ1) is 11.7. The van der Waals surface area contributed by atoms with Crippen LogP contribution in [0.5, 0.6) is 0 Å². The lowest BCUT2D eigenvalue weighted by Crippen LogP contribution is -2.49. The Labute approximate surface area is 150 Å². The van der Waals surface area contributed by atoms with Gasteiger partial charge in [-0.3, -0.25) is 0 Å². The highest BCUT2D eigenvalue weighted by Crippen LogP contribution is 2.31. The number of benzene rings is 1. The molecule has 138 valence electrons. The molecule has 0 spiro atoms. The average molecular weight is 365 g/mol. The van der Waals surface area contributed by atoms with Gasteiger partial charge in [0.25, 0.3) is 10.0 Å². The number of nitrogens with zero attached hydrogens (tertiary/aromatic N) is 3. The van der Waals surface area contributed by atoms with Crippen LogP contribution in [-0.2, 0) is 21.2 Å². The fourth-order valence-corrected chi connectivity index (χ4v) is 5.23. The molecule has 1 fully saturated rings. The van der Waals surface area contributed by atoms with Gasteiger partial charge >= 0.3 is 0 Å². The number of anilines is 1. The van der Waals surface area contributed by atoms with Crippen molar-refractivity contribution in [2.45, 2.75) is 38.0 Å². The van der Waals surface area contributed by atoms with Crippen molar-refractivity contribution < 1.29 is 13.2 Å².